The second kappa shape index (κ2) is 5.18. The van der Waals surface area contributed by atoms with Crippen molar-refractivity contribution >= 4 is 33.5 Å². The van der Waals surface area contributed by atoms with Crippen molar-refractivity contribution in [1.82, 2.24) is 9.97 Å². The van der Waals surface area contributed by atoms with Gasteiger partial charge in [-0.25, -0.2) is 9.97 Å². The highest BCUT2D eigenvalue weighted by molar-refractivity contribution is 9.10. The van der Waals surface area contributed by atoms with Crippen LogP contribution in [0.15, 0.2) is 33.6 Å². The molecule has 0 spiro atoms. The molecule has 2 aliphatic rings. The van der Waals surface area contributed by atoms with E-state index >= 15 is 0 Å². The summed E-state index contributed by atoms with van der Waals surface area (Å²) in [5.74, 6) is 3.43. The number of halogens is 1. The number of nitrogen functional groups attached to an aromatic ring is 1. The lowest BCUT2D eigenvalue weighted by molar-refractivity contribution is 0.210. The molecule has 0 bridgehead atoms. The van der Waals surface area contributed by atoms with Gasteiger partial charge in [-0.15, -0.1) is 11.8 Å². The van der Waals surface area contributed by atoms with Crippen LogP contribution in [-0.4, -0.2) is 15.7 Å². The molecule has 1 unspecified atom stereocenters. The lowest BCUT2D eigenvalue weighted by atomic mass is 10.2. The predicted octanol–water partition coefficient (Wildman–Crippen LogP) is 3.92. The van der Waals surface area contributed by atoms with Gasteiger partial charge in [0.1, 0.15) is 11.6 Å². The number of nitrogens with zero attached hydrogens (tertiary/aromatic N) is 2. The Morgan fingerprint density at radius 1 is 1.24 bits per heavy atom. The van der Waals surface area contributed by atoms with Crippen LogP contribution in [-0.2, 0) is 0 Å². The summed E-state index contributed by atoms with van der Waals surface area (Å²) in [6.07, 6.45) is 2.22. The lowest BCUT2D eigenvalue weighted by Crippen LogP contribution is -2.19. The maximum atomic E-state index is 6.05. The molecule has 2 aromatic rings. The molecule has 1 aromatic heterocycles. The molecule has 2 heterocycles. The van der Waals surface area contributed by atoms with Crippen LogP contribution in [0.3, 0.4) is 0 Å². The quantitative estimate of drug-likeness (QED) is 0.875. The largest absolute Gasteiger partial charge is 0.480 e. The average molecular weight is 364 g/mol. The van der Waals surface area contributed by atoms with Gasteiger partial charge in [0.25, 0.3) is 0 Å². The van der Waals surface area contributed by atoms with Crippen LogP contribution >= 0.6 is 27.7 Å². The molecule has 21 heavy (non-hydrogen) atoms. The Bertz CT molecular complexity index is 705. The third kappa shape index (κ3) is 2.51. The number of fused-ring (bicyclic) bond motifs is 1. The summed E-state index contributed by atoms with van der Waals surface area (Å²) >= 11 is 5.28. The minimum atomic E-state index is -0.141. The van der Waals surface area contributed by atoms with Crippen LogP contribution in [0.2, 0.25) is 0 Å². The first-order chi connectivity index (χ1) is 10.2. The Kier molecular flexibility index (Phi) is 3.30. The first-order valence-electron chi connectivity index (χ1n) is 6.93. The Morgan fingerprint density at radius 2 is 2.05 bits per heavy atom. The molecule has 4 rings (SSSR count). The number of hydrogen-bond acceptors (Lipinski definition) is 5. The number of ether oxygens (including phenoxy) is 1. The number of anilines is 1. The highest BCUT2D eigenvalue weighted by Gasteiger charge is 2.31. The van der Waals surface area contributed by atoms with Crippen molar-refractivity contribution in [1.29, 1.82) is 0 Å². The van der Waals surface area contributed by atoms with Crippen molar-refractivity contribution < 1.29 is 4.74 Å². The molecule has 1 fully saturated rings. The Hall–Kier alpha value is -1.27. The summed E-state index contributed by atoms with van der Waals surface area (Å²) in [7, 11) is 0. The molecule has 4 nitrogen and oxygen atoms in total. The topological polar surface area (TPSA) is 61.0 Å². The summed E-state index contributed by atoms with van der Waals surface area (Å²) in [4.78, 5) is 10.3. The first kappa shape index (κ1) is 13.4. The first-order valence-corrected chi connectivity index (χ1v) is 8.71. The van der Waals surface area contributed by atoms with E-state index in [1.165, 1.54) is 17.7 Å². The molecule has 0 amide bonds. The zero-order chi connectivity index (χ0) is 14.4. The summed E-state index contributed by atoms with van der Waals surface area (Å²) in [6.45, 7) is 0. The molecule has 1 atom stereocenters. The molecule has 108 valence electrons. The van der Waals surface area contributed by atoms with Crippen molar-refractivity contribution in [2.75, 3.05) is 11.5 Å². The van der Waals surface area contributed by atoms with Gasteiger partial charge in [-0.2, -0.15) is 0 Å². The minimum Gasteiger partial charge on any atom is -0.480 e. The summed E-state index contributed by atoms with van der Waals surface area (Å²) < 4.78 is 6.90. The third-order valence-electron chi connectivity index (χ3n) is 3.68. The fourth-order valence-corrected chi connectivity index (χ4v) is 3.90. The van der Waals surface area contributed by atoms with Crippen molar-refractivity contribution in [2.24, 2.45) is 0 Å². The number of para-hydroxylation sites is 1. The number of thioether (sulfide) groups is 1. The van der Waals surface area contributed by atoms with E-state index in [0.717, 1.165) is 21.7 Å². The normalized spacial score (nSPS) is 20.7. The molecule has 1 aliphatic carbocycles. The molecule has 0 saturated heterocycles. The second-order valence-corrected chi connectivity index (χ2v) is 7.16. The standard InChI is InChI=1S/C15H14BrN3OS/c16-12-13(8-5-6-8)18-15(19-14(12)17)10-7-21-11-4-2-1-3-9(11)20-10/h1-4,8,10H,5-7H2,(H2,17,18,19). The third-order valence-corrected chi connectivity index (χ3v) is 5.61. The molecule has 6 heteroatoms. The van der Waals surface area contributed by atoms with Crippen LogP contribution in [0.25, 0.3) is 0 Å². The van der Waals surface area contributed by atoms with Gasteiger partial charge in [0, 0.05) is 16.6 Å². The Labute approximate surface area is 135 Å². The number of benzene rings is 1. The molecule has 2 N–H and O–H groups in total. The van der Waals surface area contributed by atoms with Gasteiger partial charge in [0.05, 0.1) is 10.2 Å². The van der Waals surface area contributed by atoms with Crippen molar-refractivity contribution in [2.45, 2.75) is 29.8 Å². The van der Waals surface area contributed by atoms with E-state index in [0.29, 0.717) is 17.6 Å². The number of aromatic nitrogens is 2. The molecule has 0 radical (unpaired) electrons. The molecule has 1 saturated carbocycles. The van der Waals surface area contributed by atoms with Crippen LogP contribution in [0.4, 0.5) is 5.82 Å². The Morgan fingerprint density at radius 3 is 2.86 bits per heavy atom. The molecular weight excluding hydrogens is 350 g/mol. The zero-order valence-electron chi connectivity index (χ0n) is 11.3. The highest BCUT2D eigenvalue weighted by Crippen LogP contribution is 2.45. The smallest absolute Gasteiger partial charge is 0.172 e. The van der Waals surface area contributed by atoms with Crippen LogP contribution < -0.4 is 10.5 Å². The fourth-order valence-electron chi connectivity index (χ4n) is 2.42. The highest BCUT2D eigenvalue weighted by atomic mass is 79.9. The van der Waals surface area contributed by atoms with E-state index in [2.05, 4.69) is 27.0 Å². The number of hydrogen-bond donors (Lipinski definition) is 1. The minimum absolute atomic E-state index is 0.141. The van der Waals surface area contributed by atoms with Gasteiger partial charge in [0.15, 0.2) is 11.9 Å². The van der Waals surface area contributed by atoms with Crippen molar-refractivity contribution in [3.8, 4) is 5.75 Å². The van der Waals surface area contributed by atoms with Gasteiger partial charge >= 0.3 is 0 Å². The van der Waals surface area contributed by atoms with Gasteiger partial charge in [-0.3, -0.25) is 0 Å². The van der Waals surface area contributed by atoms with Gasteiger partial charge in [-0.05, 0) is 40.9 Å². The van der Waals surface area contributed by atoms with Crippen LogP contribution in [0.5, 0.6) is 5.75 Å². The van der Waals surface area contributed by atoms with E-state index < -0.39 is 0 Å². The SMILES string of the molecule is Nc1nc(C2CSc3ccccc3O2)nc(C2CC2)c1Br. The van der Waals surface area contributed by atoms with Gasteiger partial charge in [0.2, 0.25) is 0 Å². The summed E-state index contributed by atoms with van der Waals surface area (Å²) in [5, 5.41) is 0. The van der Waals surface area contributed by atoms with Gasteiger partial charge in [-0.1, -0.05) is 12.1 Å². The predicted molar refractivity (Wildman–Crippen MR) is 86.7 cm³/mol. The van der Waals surface area contributed by atoms with E-state index in [-0.39, 0.29) is 6.10 Å². The van der Waals surface area contributed by atoms with Crippen LogP contribution in [0.1, 0.15) is 36.4 Å². The summed E-state index contributed by atoms with van der Waals surface area (Å²) in [6, 6.07) is 8.06. The molecule has 1 aliphatic heterocycles. The van der Waals surface area contributed by atoms with E-state index in [9.17, 15) is 0 Å². The van der Waals surface area contributed by atoms with Gasteiger partial charge < -0.3 is 10.5 Å². The molecular formula is C15H14BrN3OS. The molecule has 1 aromatic carbocycles. The van der Waals surface area contributed by atoms with E-state index in [1.807, 2.05) is 18.2 Å². The Balaban J connectivity index is 1.68. The van der Waals surface area contributed by atoms with Crippen molar-refractivity contribution in [3.05, 3.63) is 40.3 Å². The second-order valence-electron chi connectivity index (χ2n) is 5.30. The maximum Gasteiger partial charge on any atom is 0.172 e. The summed E-state index contributed by atoms with van der Waals surface area (Å²) in [5.41, 5.74) is 7.06. The van der Waals surface area contributed by atoms with Crippen LogP contribution in [0, 0.1) is 0 Å². The lowest BCUT2D eigenvalue weighted by Gasteiger charge is -2.25. The van der Waals surface area contributed by atoms with E-state index in [4.69, 9.17) is 15.5 Å². The monoisotopic (exact) mass is 363 g/mol. The maximum absolute atomic E-state index is 6.05. The van der Waals surface area contributed by atoms with Crippen molar-refractivity contribution in [3.63, 3.8) is 0 Å². The zero-order valence-corrected chi connectivity index (χ0v) is 13.7. The average Bonchev–Trinajstić information content (AvgIpc) is 3.34. The fraction of sp³-hybridized carbons (Fsp3) is 0.333. The number of nitrogens with two attached hydrogens (primary N) is 1. The number of rotatable bonds is 2. The van der Waals surface area contributed by atoms with E-state index in [1.54, 1.807) is 11.8 Å².